The molecule has 0 radical (unpaired) electrons. The molecule has 0 bridgehead atoms. The first-order valence-corrected chi connectivity index (χ1v) is 15.9. The third-order valence-electron chi connectivity index (χ3n) is 8.16. The van der Waals surface area contributed by atoms with Crippen LogP contribution in [0.1, 0.15) is 69.4 Å². The maximum Gasteiger partial charge on any atom is 0.416 e. The van der Waals surface area contributed by atoms with Gasteiger partial charge in [-0.1, -0.05) is 48.5 Å². The van der Waals surface area contributed by atoms with Crippen molar-refractivity contribution >= 4 is 28.3 Å². The summed E-state index contributed by atoms with van der Waals surface area (Å²) in [7, 11) is 0. The number of alkyl halides is 6. The van der Waals surface area contributed by atoms with Crippen LogP contribution in [0.2, 0.25) is 0 Å². The molecule has 2 N–H and O–H groups in total. The first-order valence-electron chi connectivity index (χ1n) is 15.0. The number of thiazole rings is 1. The van der Waals surface area contributed by atoms with Crippen LogP contribution in [0.15, 0.2) is 84.2 Å². The molecule has 2 amide bonds. The number of hydrogen-bond donors (Lipinski definition) is 2. The van der Waals surface area contributed by atoms with Gasteiger partial charge in [-0.3, -0.25) is 14.9 Å². The highest BCUT2D eigenvalue weighted by atomic mass is 32.1. The highest BCUT2D eigenvalue weighted by molar-refractivity contribution is 7.14. The normalized spacial score (nSPS) is 15.3. The van der Waals surface area contributed by atoms with E-state index in [0.717, 1.165) is 37.3 Å². The first-order chi connectivity index (χ1) is 22.4. The Kier molecular flexibility index (Phi) is 10.7. The second kappa shape index (κ2) is 14.7. The standard InChI is InChI=1S/C34H32F6N4O2S/c35-33(36,37)26-17-22(18-27(19-26)34(38,39)40)20-41-31(46)28(13-16-44-14-11-24(12-15-44)23-7-3-1-4-8-23)29-21-47-32(42-29)43-30(45)25-9-5-2-6-10-25/h1-10,17-19,21,24,28H,11-16,20H2,(H,41,46)(H,42,43,45). The maximum absolute atomic E-state index is 13.5. The quantitative estimate of drug-likeness (QED) is 0.167. The van der Waals surface area contributed by atoms with Crippen LogP contribution in [-0.2, 0) is 23.7 Å². The molecule has 0 aliphatic carbocycles. The second-order valence-corrected chi connectivity index (χ2v) is 12.3. The van der Waals surface area contributed by atoms with E-state index in [1.807, 2.05) is 18.2 Å². The van der Waals surface area contributed by atoms with Crippen molar-refractivity contribution in [2.24, 2.45) is 0 Å². The van der Waals surface area contributed by atoms with Gasteiger partial charge >= 0.3 is 12.4 Å². The summed E-state index contributed by atoms with van der Waals surface area (Å²) >= 11 is 1.11. The van der Waals surface area contributed by atoms with Crippen LogP contribution >= 0.6 is 11.3 Å². The summed E-state index contributed by atoms with van der Waals surface area (Å²) in [4.78, 5) is 32.9. The number of carbonyl (C=O) groups is 2. The van der Waals surface area contributed by atoms with E-state index >= 15 is 0 Å². The number of nitrogens with zero attached hydrogens (tertiary/aromatic N) is 2. The lowest BCUT2D eigenvalue weighted by Gasteiger charge is -2.32. The summed E-state index contributed by atoms with van der Waals surface area (Å²) in [6, 6.07) is 19.9. The van der Waals surface area contributed by atoms with Gasteiger partial charge in [-0.2, -0.15) is 26.3 Å². The molecule has 1 aliphatic heterocycles. The summed E-state index contributed by atoms with van der Waals surface area (Å²) in [5.74, 6) is -1.43. The third-order valence-corrected chi connectivity index (χ3v) is 8.93. The van der Waals surface area contributed by atoms with Crippen LogP contribution in [0.3, 0.4) is 0 Å². The number of amides is 2. The number of aromatic nitrogens is 1. The molecule has 47 heavy (non-hydrogen) atoms. The van der Waals surface area contributed by atoms with Crippen molar-refractivity contribution < 1.29 is 35.9 Å². The molecule has 3 aromatic carbocycles. The summed E-state index contributed by atoms with van der Waals surface area (Å²) < 4.78 is 80.3. The predicted molar refractivity (Wildman–Crippen MR) is 167 cm³/mol. The van der Waals surface area contributed by atoms with E-state index in [9.17, 15) is 35.9 Å². The molecule has 1 fully saturated rings. The van der Waals surface area contributed by atoms with Crippen molar-refractivity contribution in [1.82, 2.24) is 15.2 Å². The minimum Gasteiger partial charge on any atom is -0.351 e. The van der Waals surface area contributed by atoms with Gasteiger partial charge in [0.1, 0.15) is 0 Å². The highest BCUT2D eigenvalue weighted by Crippen LogP contribution is 2.36. The maximum atomic E-state index is 13.5. The van der Waals surface area contributed by atoms with Gasteiger partial charge in [0.05, 0.1) is 22.7 Å². The minimum absolute atomic E-state index is 0.0512. The van der Waals surface area contributed by atoms with Gasteiger partial charge in [-0.15, -0.1) is 11.3 Å². The Labute approximate surface area is 271 Å². The summed E-state index contributed by atoms with van der Waals surface area (Å²) in [6.07, 6.45) is -7.84. The van der Waals surface area contributed by atoms with Gasteiger partial charge in [0.15, 0.2) is 5.13 Å². The zero-order valence-electron chi connectivity index (χ0n) is 25.1. The molecular weight excluding hydrogens is 642 g/mol. The molecule has 1 aliphatic rings. The van der Waals surface area contributed by atoms with Crippen LogP contribution in [0.25, 0.3) is 0 Å². The van der Waals surface area contributed by atoms with Crippen molar-refractivity contribution in [2.75, 3.05) is 25.0 Å². The molecule has 13 heteroatoms. The number of rotatable bonds is 10. The van der Waals surface area contributed by atoms with Gasteiger partial charge in [-0.25, -0.2) is 4.98 Å². The van der Waals surface area contributed by atoms with Gasteiger partial charge in [0, 0.05) is 17.5 Å². The van der Waals surface area contributed by atoms with Crippen LogP contribution in [0, 0.1) is 0 Å². The zero-order chi connectivity index (χ0) is 33.6. The van der Waals surface area contributed by atoms with Crippen LogP contribution in [0.5, 0.6) is 0 Å². The number of nitrogens with one attached hydrogen (secondary N) is 2. The van der Waals surface area contributed by atoms with E-state index in [-0.39, 0.29) is 22.7 Å². The third kappa shape index (κ3) is 9.19. The zero-order valence-corrected chi connectivity index (χ0v) is 25.9. The smallest absolute Gasteiger partial charge is 0.351 e. The molecule has 0 spiro atoms. The monoisotopic (exact) mass is 674 g/mol. The fourth-order valence-corrected chi connectivity index (χ4v) is 6.40. The average Bonchev–Trinajstić information content (AvgIpc) is 3.52. The van der Waals surface area contributed by atoms with E-state index in [1.54, 1.807) is 35.7 Å². The van der Waals surface area contributed by atoms with Gasteiger partial charge < -0.3 is 10.2 Å². The molecule has 1 atom stereocenters. The van der Waals surface area contributed by atoms with Crippen molar-refractivity contribution in [1.29, 1.82) is 0 Å². The van der Waals surface area contributed by atoms with Gasteiger partial charge in [0.25, 0.3) is 5.91 Å². The van der Waals surface area contributed by atoms with Gasteiger partial charge in [-0.05, 0) is 86.3 Å². The Bertz CT molecular complexity index is 1620. The van der Waals surface area contributed by atoms with E-state index in [4.69, 9.17) is 0 Å². The molecular formula is C34H32F6N4O2S. The average molecular weight is 675 g/mol. The lowest BCUT2D eigenvalue weighted by atomic mass is 9.89. The Morgan fingerprint density at radius 1 is 0.872 bits per heavy atom. The van der Waals surface area contributed by atoms with E-state index in [2.05, 4.69) is 32.7 Å². The van der Waals surface area contributed by atoms with E-state index in [1.165, 1.54) is 5.56 Å². The topological polar surface area (TPSA) is 74.3 Å². The SMILES string of the molecule is O=C(Nc1nc(C(CCN2CCC(c3ccccc3)CC2)C(=O)NCc2cc(C(F)(F)F)cc(C(F)(F)F)c2)cs1)c1ccccc1. The Morgan fingerprint density at radius 3 is 2.06 bits per heavy atom. The molecule has 1 aromatic heterocycles. The number of carbonyl (C=O) groups excluding carboxylic acids is 2. The molecule has 248 valence electrons. The summed E-state index contributed by atoms with van der Waals surface area (Å²) in [5.41, 5.74) is -1.21. The molecule has 6 nitrogen and oxygen atoms in total. The van der Waals surface area contributed by atoms with E-state index in [0.29, 0.717) is 42.3 Å². The second-order valence-electron chi connectivity index (χ2n) is 11.4. The first kappa shape index (κ1) is 34.1. The van der Waals surface area contributed by atoms with Crippen molar-refractivity contribution in [2.45, 2.75) is 50.0 Å². The van der Waals surface area contributed by atoms with E-state index < -0.39 is 41.8 Å². The number of benzene rings is 3. The number of anilines is 1. The predicted octanol–water partition coefficient (Wildman–Crippen LogP) is 8.10. The molecule has 4 aromatic rings. The molecule has 1 unspecified atom stereocenters. The van der Waals surface area contributed by atoms with Crippen LogP contribution < -0.4 is 10.6 Å². The lowest BCUT2D eigenvalue weighted by molar-refractivity contribution is -0.143. The molecule has 2 heterocycles. The fourth-order valence-electron chi connectivity index (χ4n) is 5.64. The number of halogens is 6. The number of likely N-dealkylation sites (tertiary alicyclic amines) is 1. The van der Waals surface area contributed by atoms with Crippen LogP contribution in [0.4, 0.5) is 31.5 Å². The fraction of sp³-hybridized carbons (Fsp3) is 0.324. The molecule has 0 saturated carbocycles. The number of hydrogen-bond acceptors (Lipinski definition) is 5. The minimum atomic E-state index is -5.00. The lowest BCUT2D eigenvalue weighted by Crippen LogP contribution is -2.36. The molecule has 5 rings (SSSR count). The number of piperidine rings is 1. The highest BCUT2D eigenvalue weighted by Gasteiger charge is 2.37. The van der Waals surface area contributed by atoms with Gasteiger partial charge in [0.2, 0.25) is 5.91 Å². The van der Waals surface area contributed by atoms with Crippen LogP contribution in [-0.4, -0.2) is 41.3 Å². The molecule has 1 saturated heterocycles. The summed E-state index contributed by atoms with van der Waals surface area (Å²) in [6.45, 7) is 1.57. The summed E-state index contributed by atoms with van der Waals surface area (Å²) in [5, 5.41) is 7.12. The Balaban J connectivity index is 1.30. The van der Waals surface area contributed by atoms with Crippen molar-refractivity contribution in [3.05, 3.63) is 118 Å². The van der Waals surface area contributed by atoms with Crippen molar-refractivity contribution in [3.63, 3.8) is 0 Å². The Morgan fingerprint density at radius 2 is 1.47 bits per heavy atom. The Hall–Kier alpha value is -4.23. The van der Waals surface area contributed by atoms with Crippen molar-refractivity contribution in [3.8, 4) is 0 Å². The largest absolute Gasteiger partial charge is 0.416 e.